The smallest absolute Gasteiger partial charge is 0.313 e. The van der Waals surface area contributed by atoms with Gasteiger partial charge in [0.2, 0.25) is 0 Å². The van der Waals surface area contributed by atoms with Crippen molar-refractivity contribution < 1.29 is 37.6 Å². The van der Waals surface area contributed by atoms with Crippen molar-refractivity contribution in [3.63, 3.8) is 0 Å². The van der Waals surface area contributed by atoms with Crippen LogP contribution in [0.3, 0.4) is 0 Å². The van der Waals surface area contributed by atoms with Crippen LogP contribution in [0.15, 0.2) is 0 Å². The third-order valence-corrected chi connectivity index (χ3v) is 5.12. The van der Waals surface area contributed by atoms with Gasteiger partial charge in [-0.25, -0.2) is 20.1 Å². The molecule has 0 aromatic carbocycles. The Morgan fingerprint density at radius 3 is 1.28 bits per heavy atom. The number of carbonyl (C=O) groups excluding carboxylic acids is 2. The summed E-state index contributed by atoms with van der Waals surface area (Å²) in [5, 5.41) is 0. The summed E-state index contributed by atoms with van der Waals surface area (Å²) in [5.41, 5.74) is 8.84. The maximum absolute atomic E-state index is 12.0. The number of Topliss-reactive ketones (excluding diaryl/α,β-unsaturated/α-hetero) is 2. The molecule has 0 aromatic heterocycles. The first-order valence-electron chi connectivity index (χ1n) is 8.96. The van der Waals surface area contributed by atoms with E-state index >= 15 is 0 Å². The lowest BCUT2D eigenvalue weighted by molar-refractivity contribution is -0.124. The largest absolute Gasteiger partial charge is 0.400 e. The van der Waals surface area contributed by atoms with Crippen LogP contribution >= 0.6 is 15.5 Å². The van der Waals surface area contributed by atoms with Crippen molar-refractivity contribution in [1.82, 2.24) is 0 Å². The molecule has 0 amide bonds. The van der Waals surface area contributed by atoms with Crippen LogP contribution in [-0.2, 0) is 27.8 Å². The number of ketones is 2. The third-order valence-electron chi connectivity index (χ3n) is 4.12. The van der Waals surface area contributed by atoms with E-state index in [-0.39, 0.29) is 57.9 Å². The Labute approximate surface area is 173 Å². The molecule has 10 nitrogen and oxygen atoms in total. The minimum Gasteiger partial charge on any atom is -0.313 e. The molecule has 0 aliphatic heterocycles. The summed E-state index contributed by atoms with van der Waals surface area (Å²) in [5.74, 6) is -0.151. The van der Waals surface area contributed by atoms with Gasteiger partial charge in [0.15, 0.2) is 0 Å². The lowest BCUT2D eigenvalue weighted by Gasteiger charge is -2.24. The average molecular weight is 460 g/mol. The van der Waals surface area contributed by atoms with Gasteiger partial charge in [-0.15, -0.1) is 0 Å². The van der Waals surface area contributed by atoms with Crippen LogP contribution in [0, 0.1) is 10.8 Å². The maximum Gasteiger partial charge on any atom is 0.400 e. The summed E-state index contributed by atoms with van der Waals surface area (Å²) in [6.07, 6.45) is 1.57. The average Bonchev–Trinajstić information content (AvgIpc) is 2.52. The second kappa shape index (κ2) is 12.4. The number of hydrogen-bond donors (Lipinski definition) is 4. The quantitative estimate of drug-likeness (QED) is 0.265. The second-order valence-corrected chi connectivity index (χ2v) is 11.4. The molecule has 0 saturated heterocycles. The van der Waals surface area contributed by atoms with E-state index < -0.39 is 26.3 Å². The number of carbonyl (C=O) groups is 2. The van der Waals surface area contributed by atoms with Crippen LogP contribution < -0.4 is 11.0 Å². The van der Waals surface area contributed by atoms with E-state index in [1.807, 2.05) is 0 Å². The molecule has 174 valence electrons. The summed E-state index contributed by atoms with van der Waals surface area (Å²) >= 11 is 0. The molecule has 6 N–H and O–H groups in total. The number of nitrogens with two attached hydrogens (primary N) is 2. The number of hydrogen-bond acceptors (Lipinski definition) is 6. The highest BCUT2D eigenvalue weighted by Gasteiger charge is 2.25. The lowest BCUT2D eigenvalue weighted by atomic mass is 9.86. The van der Waals surface area contributed by atoms with E-state index in [1.165, 1.54) is 0 Å². The molecule has 2 unspecified atom stereocenters. The van der Waals surface area contributed by atoms with Crippen LogP contribution in [0.25, 0.3) is 0 Å². The van der Waals surface area contributed by atoms with Crippen LogP contribution in [0.1, 0.15) is 73.6 Å². The van der Waals surface area contributed by atoms with Gasteiger partial charge < -0.3 is 9.79 Å². The van der Waals surface area contributed by atoms with E-state index in [0.29, 0.717) is 12.8 Å². The highest BCUT2D eigenvalue weighted by molar-refractivity contribution is 7.50. The van der Waals surface area contributed by atoms with E-state index in [2.05, 4.69) is 0 Å². The summed E-state index contributed by atoms with van der Waals surface area (Å²) in [6, 6.07) is 0. The minimum absolute atomic E-state index is 0. The predicted octanol–water partition coefficient (Wildman–Crippen LogP) is 3.31. The van der Waals surface area contributed by atoms with E-state index in [0.717, 1.165) is 0 Å². The molecule has 0 fully saturated rings. The molecule has 0 heterocycles. The van der Waals surface area contributed by atoms with Gasteiger partial charge in [-0.05, 0) is 23.7 Å². The maximum atomic E-state index is 12.0. The van der Waals surface area contributed by atoms with Gasteiger partial charge >= 0.3 is 15.5 Å². The normalized spacial score (nSPS) is 16.4. The molecular formula is C17H38N2O8P2. The topological polar surface area (TPSA) is 179 Å². The first-order chi connectivity index (χ1) is 12.4. The van der Waals surface area contributed by atoms with E-state index in [4.69, 9.17) is 29.8 Å². The fourth-order valence-electron chi connectivity index (χ4n) is 2.16. The number of rotatable bonds is 15. The van der Waals surface area contributed by atoms with Crippen LogP contribution in [0.5, 0.6) is 0 Å². The first-order valence-corrected chi connectivity index (χ1v) is 12.3. The Bertz CT molecular complexity index is 571. The zero-order chi connectivity index (χ0) is 22.2. The third kappa shape index (κ3) is 19.3. The first kappa shape index (κ1) is 30.8. The van der Waals surface area contributed by atoms with Crippen LogP contribution in [0.4, 0.5) is 0 Å². The Morgan fingerprint density at radius 1 is 0.759 bits per heavy atom. The summed E-state index contributed by atoms with van der Waals surface area (Å²) in [6.45, 7) is 7.06. The van der Waals surface area contributed by atoms with Crippen molar-refractivity contribution in [2.45, 2.75) is 73.6 Å². The van der Waals surface area contributed by atoms with Gasteiger partial charge in [-0.1, -0.05) is 35.1 Å². The van der Waals surface area contributed by atoms with Gasteiger partial charge in [0.05, 0.1) is 13.2 Å². The summed E-state index contributed by atoms with van der Waals surface area (Å²) in [4.78, 5) is 41.9. The molecule has 0 rings (SSSR count). The Hall–Kier alpha value is -0.440. The van der Waals surface area contributed by atoms with Crippen molar-refractivity contribution >= 4 is 27.1 Å². The van der Waals surface area contributed by atoms with Gasteiger partial charge in [0, 0.05) is 25.7 Å². The molecule has 29 heavy (non-hydrogen) atoms. The molecule has 0 aromatic rings. The van der Waals surface area contributed by atoms with Gasteiger partial charge in [0.25, 0.3) is 0 Å². The van der Waals surface area contributed by atoms with Crippen molar-refractivity contribution in [2.24, 2.45) is 21.8 Å². The molecule has 0 bridgehead atoms. The molecule has 0 saturated carbocycles. The standard InChI is InChI=1S/C16H34N2O8P2.CH4/c1-15(2,11-25-27(17,21)22)9-7-13(19)5-6-14(20)8-10-16(3,4)12-26-28(18,23)24;/h5-12H2,1-4H3,(H3,17,21,22)(H3,18,23,24);1H4. The molecule has 0 aliphatic carbocycles. The molecule has 0 radical (unpaired) electrons. The second-order valence-electron chi connectivity index (χ2n) is 8.58. The van der Waals surface area contributed by atoms with Crippen LogP contribution in [0.2, 0.25) is 0 Å². The molecule has 0 aliphatic rings. The molecular weight excluding hydrogens is 422 g/mol. The van der Waals surface area contributed by atoms with Crippen molar-refractivity contribution in [2.75, 3.05) is 13.2 Å². The van der Waals surface area contributed by atoms with Gasteiger partial charge in [-0.2, -0.15) is 0 Å². The fraction of sp³-hybridized carbons (Fsp3) is 0.882. The lowest BCUT2D eigenvalue weighted by Crippen LogP contribution is -2.22. The highest BCUT2D eigenvalue weighted by atomic mass is 31.2. The van der Waals surface area contributed by atoms with Crippen molar-refractivity contribution in [1.29, 1.82) is 0 Å². The predicted molar refractivity (Wildman–Crippen MR) is 112 cm³/mol. The Kier molecular flexibility index (Phi) is 13.2. The highest BCUT2D eigenvalue weighted by Crippen LogP contribution is 2.36. The molecule has 0 spiro atoms. The fourth-order valence-corrected chi connectivity index (χ4v) is 3.23. The van der Waals surface area contributed by atoms with Crippen LogP contribution in [-0.4, -0.2) is 34.6 Å². The van der Waals surface area contributed by atoms with Gasteiger partial charge in [-0.3, -0.25) is 18.6 Å². The zero-order valence-electron chi connectivity index (χ0n) is 17.0. The Morgan fingerprint density at radius 2 is 1.03 bits per heavy atom. The SMILES string of the molecule is C.CC(C)(CCC(=O)CCC(=O)CCC(C)(C)COP(N)(=O)O)COP(N)(=O)O. The summed E-state index contributed by atoms with van der Waals surface area (Å²) in [7, 11) is -8.09. The summed E-state index contributed by atoms with van der Waals surface area (Å²) < 4.78 is 31.3. The molecule has 2 atom stereocenters. The van der Waals surface area contributed by atoms with E-state index in [1.54, 1.807) is 27.7 Å². The van der Waals surface area contributed by atoms with E-state index in [9.17, 15) is 18.7 Å². The van der Waals surface area contributed by atoms with Crippen molar-refractivity contribution in [3.8, 4) is 0 Å². The monoisotopic (exact) mass is 460 g/mol. The molecule has 12 heteroatoms. The Balaban J connectivity index is 0. The van der Waals surface area contributed by atoms with Gasteiger partial charge in [0.1, 0.15) is 11.6 Å². The minimum atomic E-state index is -4.05. The van der Waals surface area contributed by atoms with Crippen molar-refractivity contribution in [3.05, 3.63) is 0 Å². The zero-order valence-corrected chi connectivity index (χ0v) is 18.8.